The molecule has 0 aromatic heterocycles. The first-order chi connectivity index (χ1) is 15.6. The molecule has 32 heavy (non-hydrogen) atoms. The van der Waals surface area contributed by atoms with Crippen LogP contribution in [0.3, 0.4) is 0 Å². The number of hydrogen-bond acceptors (Lipinski definition) is 5. The monoisotopic (exact) mass is 435 g/mol. The average Bonchev–Trinajstić information content (AvgIpc) is 2.99. The van der Waals surface area contributed by atoms with Crippen molar-refractivity contribution in [3.05, 3.63) is 69.9 Å². The predicted molar refractivity (Wildman–Crippen MR) is 126 cm³/mol. The number of unbranched alkanes of at least 4 members (excludes halogenated alkanes) is 9. The van der Waals surface area contributed by atoms with Gasteiger partial charge in [-0.25, -0.2) is 4.79 Å². The normalized spacial score (nSPS) is 10.4. The molecule has 0 aliphatic carbocycles. The molecule has 0 aliphatic rings. The van der Waals surface area contributed by atoms with Crippen LogP contribution in [0.15, 0.2) is 53.3 Å². The molecule has 0 bridgehead atoms. The zero-order chi connectivity index (χ0) is 23.0. The number of benzene rings is 1. The van der Waals surface area contributed by atoms with Gasteiger partial charge in [-0.15, -0.1) is 0 Å². The highest BCUT2D eigenvalue weighted by molar-refractivity contribution is 5.91. The summed E-state index contributed by atoms with van der Waals surface area (Å²) in [5.41, 5.74) is 0.314. The fourth-order valence-electron chi connectivity index (χ4n) is 3.34. The van der Waals surface area contributed by atoms with Crippen LogP contribution in [-0.2, 0) is 0 Å². The average molecular weight is 436 g/mol. The number of carbonyl (C=O) groups is 1. The number of carbonyl (C=O) groups excluding carboxylic acids is 1. The van der Waals surface area contributed by atoms with E-state index in [1.165, 1.54) is 87.8 Å². The van der Waals surface area contributed by atoms with E-state index in [1.807, 2.05) is 6.07 Å². The summed E-state index contributed by atoms with van der Waals surface area (Å²) in [5, 5.41) is 8.83. The van der Waals surface area contributed by atoms with Gasteiger partial charge in [-0.1, -0.05) is 64.7 Å². The maximum atomic E-state index is 12.3. The lowest BCUT2D eigenvalue weighted by Gasteiger charge is -2.05. The molecule has 0 fully saturated rings. The molecule has 0 aliphatic heterocycles. The quantitative estimate of drug-likeness (QED) is 0.252. The first-order valence-electron chi connectivity index (χ1n) is 11.6. The third-order valence-corrected chi connectivity index (χ3v) is 5.26. The molecular weight excluding hydrogens is 402 g/mol. The molecule has 0 unspecified atom stereocenters. The first-order valence-corrected chi connectivity index (χ1v) is 11.6. The third-order valence-electron chi connectivity index (χ3n) is 5.26. The van der Waals surface area contributed by atoms with Gasteiger partial charge < -0.3 is 9.47 Å². The van der Waals surface area contributed by atoms with Crippen molar-refractivity contribution in [1.82, 2.24) is 0 Å². The van der Waals surface area contributed by atoms with Crippen LogP contribution in [0, 0.1) is 11.3 Å². The van der Waals surface area contributed by atoms with Gasteiger partial charge in [0.1, 0.15) is 5.75 Å². The van der Waals surface area contributed by atoms with Gasteiger partial charge in [0.2, 0.25) is 5.43 Å². The molecule has 0 N–H and O–H groups in total. The largest absolute Gasteiger partial charge is 0.494 e. The molecule has 170 valence electrons. The number of nitriles is 1. The summed E-state index contributed by atoms with van der Waals surface area (Å²) in [6.07, 6.45) is 12.6. The molecule has 2 aromatic carbocycles. The molecule has 0 atom stereocenters. The number of ether oxygens (including phenoxy) is 2. The van der Waals surface area contributed by atoms with E-state index in [4.69, 9.17) is 14.7 Å². The zero-order valence-corrected chi connectivity index (χ0v) is 19.0. The molecule has 0 saturated carbocycles. The summed E-state index contributed by atoms with van der Waals surface area (Å²) in [4.78, 5) is 24.5. The highest BCUT2D eigenvalue weighted by Crippen LogP contribution is 2.15. The molecule has 0 saturated heterocycles. The molecule has 5 heteroatoms. The zero-order valence-electron chi connectivity index (χ0n) is 19.0. The van der Waals surface area contributed by atoms with Crippen molar-refractivity contribution in [1.29, 1.82) is 5.26 Å². The van der Waals surface area contributed by atoms with Crippen LogP contribution in [0.25, 0.3) is 0 Å². The summed E-state index contributed by atoms with van der Waals surface area (Å²) in [6.45, 7) is 2.83. The third kappa shape index (κ3) is 9.34. The highest BCUT2D eigenvalue weighted by Gasteiger charge is 2.10. The van der Waals surface area contributed by atoms with Crippen LogP contribution in [0.4, 0.5) is 0 Å². The van der Waals surface area contributed by atoms with E-state index in [1.54, 1.807) is 12.1 Å². The van der Waals surface area contributed by atoms with E-state index < -0.39 is 11.4 Å². The van der Waals surface area contributed by atoms with Crippen LogP contribution in [0.1, 0.15) is 87.1 Å². The molecule has 0 amide bonds. The second-order valence-corrected chi connectivity index (χ2v) is 7.91. The van der Waals surface area contributed by atoms with Gasteiger partial charge in [-0.3, -0.25) is 4.79 Å². The van der Waals surface area contributed by atoms with Crippen molar-refractivity contribution in [2.75, 3.05) is 6.61 Å². The van der Waals surface area contributed by atoms with Gasteiger partial charge in [-0.05, 0) is 55.0 Å². The minimum absolute atomic E-state index is 0.0619. The van der Waals surface area contributed by atoms with E-state index >= 15 is 0 Å². The van der Waals surface area contributed by atoms with Gasteiger partial charge in [0.15, 0.2) is 5.75 Å². The van der Waals surface area contributed by atoms with Crippen molar-refractivity contribution < 1.29 is 14.3 Å². The molecule has 2 rings (SSSR count). The maximum absolute atomic E-state index is 12.3. The van der Waals surface area contributed by atoms with Gasteiger partial charge >= 0.3 is 5.97 Å². The summed E-state index contributed by atoms with van der Waals surface area (Å²) in [5.74, 6) is -0.141. The van der Waals surface area contributed by atoms with Gasteiger partial charge in [0.05, 0.1) is 23.8 Å². The minimum atomic E-state index is -0.648. The van der Waals surface area contributed by atoms with Crippen LogP contribution < -0.4 is 14.9 Å². The second kappa shape index (κ2) is 14.8. The topological polar surface area (TPSA) is 76.4 Å². The SMILES string of the molecule is CCCCCCCCCCCCOc1ccc(OC(=O)c2ccc(C#N)cc2)c(=O)cc1. The Morgan fingerprint density at radius 1 is 0.812 bits per heavy atom. The Kier molecular flexibility index (Phi) is 11.6. The Labute approximate surface area is 191 Å². The Morgan fingerprint density at radius 2 is 1.41 bits per heavy atom. The lowest BCUT2D eigenvalue weighted by molar-refractivity contribution is 0.0733. The fraction of sp³-hybridized carbons (Fsp3) is 0.444. The summed E-state index contributed by atoms with van der Waals surface area (Å²) < 4.78 is 11.0. The predicted octanol–water partition coefficient (Wildman–Crippen LogP) is 6.44. The van der Waals surface area contributed by atoms with Crippen LogP contribution in [0.2, 0.25) is 0 Å². The first kappa shape index (κ1) is 25.1. The highest BCUT2D eigenvalue weighted by atomic mass is 16.5. The van der Waals surface area contributed by atoms with E-state index in [2.05, 4.69) is 6.92 Å². The second-order valence-electron chi connectivity index (χ2n) is 7.91. The molecule has 0 radical (unpaired) electrons. The van der Waals surface area contributed by atoms with E-state index in [-0.39, 0.29) is 11.3 Å². The smallest absolute Gasteiger partial charge is 0.343 e. The Balaban J connectivity index is 1.72. The van der Waals surface area contributed by atoms with Crippen molar-refractivity contribution in [3.63, 3.8) is 0 Å². The van der Waals surface area contributed by atoms with Crippen molar-refractivity contribution in [2.24, 2.45) is 0 Å². The van der Waals surface area contributed by atoms with Gasteiger partial charge in [0.25, 0.3) is 0 Å². The van der Waals surface area contributed by atoms with Crippen LogP contribution in [0.5, 0.6) is 11.5 Å². The lowest BCUT2D eigenvalue weighted by atomic mass is 10.1. The van der Waals surface area contributed by atoms with E-state index in [9.17, 15) is 9.59 Å². The van der Waals surface area contributed by atoms with Crippen LogP contribution in [-0.4, -0.2) is 12.6 Å². The van der Waals surface area contributed by atoms with Crippen molar-refractivity contribution in [2.45, 2.75) is 71.1 Å². The summed E-state index contributed by atoms with van der Waals surface area (Å²) in [7, 11) is 0. The van der Waals surface area contributed by atoms with Crippen LogP contribution >= 0.6 is 0 Å². The summed E-state index contributed by atoms with van der Waals surface area (Å²) in [6, 6.07) is 14.1. The van der Waals surface area contributed by atoms with E-state index in [0.29, 0.717) is 17.9 Å². The Bertz CT molecular complexity index is 931. The number of esters is 1. The maximum Gasteiger partial charge on any atom is 0.343 e. The van der Waals surface area contributed by atoms with Gasteiger partial charge in [0, 0.05) is 0 Å². The number of nitrogens with zero attached hydrogens (tertiary/aromatic N) is 1. The molecule has 2 aromatic rings. The lowest BCUT2D eigenvalue weighted by Crippen LogP contribution is -2.13. The molecule has 0 spiro atoms. The standard InChI is InChI=1S/C27H33NO4/c1-2-3-4-5-6-7-8-9-10-11-20-31-24-16-18-25(29)26(19-17-24)32-27(30)23-14-12-22(21-28)13-15-23/h12-19H,2-11,20H2,1H3. The number of rotatable bonds is 14. The van der Waals surface area contributed by atoms with E-state index in [0.717, 1.165) is 12.8 Å². The molecule has 0 heterocycles. The minimum Gasteiger partial charge on any atom is -0.494 e. The van der Waals surface area contributed by atoms with Gasteiger partial charge in [-0.2, -0.15) is 5.26 Å². The molecule has 5 nitrogen and oxygen atoms in total. The summed E-state index contributed by atoms with van der Waals surface area (Å²) >= 11 is 0. The molecular formula is C27H33NO4. The fourth-order valence-corrected chi connectivity index (χ4v) is 3.34. The Hall–Kier alpha value is -3.13. The van der Waals surface area contributed by atoms with Crippen molar-refractivity contribution >= 4 is 5.97 Å². The Morgan fingerprint density at radius 3 is 2.03 bits per heavy atom. The number of hydrogen-bond donors (Lipinski definition) is 0. The van der Waals surface area contributed by atoms with Crippen molar-refractivity contribution in [3.8, 4) is 17.6 Å².